The van der Waals surface area contributed by atoms with Gasteiger partial charge in [-0.1, -0.05) is 28.1 Å². The quantitative estimate of drug-likeness (QED) is 0.901. The lowest BCUT2D eigenvalue weighted by molar-refractivity contribution is 0.157. The molecule has 0 aliphatic carbocycles. The van der Waals surface area contributed by atoms with Crippen molar-refractivity contribution in [2.75, 3.05) is 13.1 Å². The Morgan fingerprint density at radius 1 is 1.21 bits per heavy atom. The summed E-state index contributed by atoms with van der Waals surface area (Å²) < 4.78 is 1.16. The summed E-state index contributed by atoms with van der Waals surface area (Å²) >= 11 is 3.54. The van der Waals surface area contributed by atoms with E-state index in [-0.39, 0.29) is 0 Å². The molecule has 1 atom stereocenters. The molecule has 3 heteroatoms. The SMILES string of the molecule is CC(C)N1CCC(N[C@H](C)c2cccc(Br)c2)CC1. The molecule has 1 saturated heterocycles. The van der Waals surface area contributed by atoms with Gasteiger partial charge in [0.15, 0.2) is 0 Å². The molecule has 19 heavy (non-hydrogen) atoms. The third-order valence-electron chi connectivity index (χ3n) is 4.09. The van der Waals surface area contributed by atoms with E-state index in [1.807, 2.05) is 0 Å². The second kappa shape index (κ2) is 6.87. The Kier molecular flexibility index (Phi) is 5.43. The Balaban J connectivity index is 1.85. The molecule has 2 nitrogen and oxygen atoms in total. The van der Waals surface area contributed by atoms with Crippen molar-refractivity contribution in [1.82, 2.24) is 10.2 Å². The third-order valence-corrected chi connectivity index (χ3v) is 4.59. The predicted octanol–water partition coefficient (Wildman–Crippen LogP) is 3.97. The van der Waals surface area contributed by atoms with Crippen molar-refractivity contribution in [3.8, 4) is 0 Å². The van der Waals surface area contributed by atoms with Gasteiger partial charge in [-0.25, -0.2) is 0 Å². The van der Waals surface area contributed by atoms with Gasteiger partial charge in [0.2, 0.25) is 0 Å². The van der Waals surface area contributed by atoms with E-state index in [2.05, 4.69) is 71.2 Å². The van der Waals surface area contributed by atoms with Gasteiger partial charge in [0.1, 0.15) is 0 Å². The Morgan fingerprint density at radius 2 is 1.89 bits per heavy atom. The van der Waals surface area contributed by atoms with Gasteiger partial charge in [0.25, 0.3) is 0 Å². The number of hydrogen-bond donors (Lipinski definition) is 1. The summed E-state index contributed by atoms with van der Waals surface area (Å²) in [6, 6.07) is 10.4. The molecule has 0 radical (unpaired) electrons. The lowest BCUT2D eigenvalue weighted by Crippen LogP contribution is -2.45. The number of piperidine rings is 1. The summed E-state index contributed by atoms with van der Waals surface area (Å²) in [5.41, 5.74) is 1.36. The van der Waals surface area contributed by atoms with Gasteiger partial charge >= 0.3 is 0 Å². The highest BCUT2D eigenvalue weighted by molar-refractivity contribution is 9.10. The fourth-order valence-corrected chi connectivity index (χ4v) is 3.23. The average molecular weight is 325 g/mol. The standard InChI is InChI=1S/C16H25BrN2/c1-12(2)19-9-7-16(8-10-19)18-13(3)14-5-4-6-15(17)11-14/h4-6,11-13,16,18H,7-10H2,1-3H3/t13-/m1/s1. The second-order valence-corrected chi connectivity index (χ2v) is 6.76. The molecule has 1 aromatic carbocycles. The molecule has 0 spiro atoms. The zero-order valence-electron chi connectivity index (χ0n) is 12.2. The Hall–Kier alpha value is -0.380. The lowest BCUT2D eigenvalue weighted by atomic mass is 10.0. The monoisotopic (exact) mass is 324 g/mol. The molecular formula is C16H25BrN2. The van der Waals surface area contributed by atoms with Crippen molar-refractivity contribution >= 4 is 15.9 Å². The first kappa shape index (κ1) is 15.0. The molecule has 1 heterocycles. The highest BCUT2D eigenvalue weighted by Crippen LogP contribution is 2.21. The fourth-order valence-electron chi connectivity index (χ4n) is 2.81. The van der Waals surface area contributed by atoms with Crippen molar-refractivity contribution in [1.29, 1.82) is 0 Å². The Morgan fingerprint density at radius 3 is 2.47 bits per heavy atom. The molecule has 1 N–H and O–H groups in total. The van der Waals surface area contributed by atoms with E-state index in [1.165, 1.54) is 31.5 Å². The summed E-state index contributed by atoms with van der Waals surface area (Å²) in [6.45, 7) is 9.29. The smallest absolute Gasteiger partial charge is 0.0294 e. The van der Waals surface area contributed by atoms with Crippen LogP contribution in [-0.4, -0.2) is 30.1 Å². The van der Waals surface area contributed by atoms with E-state index in [1.54, 1.807) is 0 Å². The van der Waals surface area contributed by atoms with Crippen LogP contribution in [0.4, 0.5) is 0 Å². The van der Waals surface area contributed by atoms with Crippen LogP contribution in [0.3, 0.4) is 0 Å². The normalized spacial score (nSPS) is 19.8. The minimum atomic E-state index is 0.424. The van der Waals surface area contributed by atoms with Crippen LogP contribution in [0.2, 0.25) is 0 Å². The number of nitrogens with one attached hydrogen (secondary N) is 1. The van der Waals surface area contributed by atoms with Gasteiger partial charge in [-0.05, 0) is 64.4 Å². The van der Waals surface area contributed by atoms with Gasteiger partial charge in [0, 0.05) is 22.6 Å². The molecule has 0 aromatic heterocycles. The number of nitrogens with zero attached hydrogens (tertiary/aromatic N) is 1. The van der Waals surface area contributed by atoms with Crippen LogP contribution in [0.15, 0.2) is 28.7 Å². The fraction of sp³-hybridized carbons (Fsp3) is 0.625. The molecule has 0 unspecified atom stereocenters. The van der Waals surface area contributed by atoms with Gasteiger partial charge in [-0.15, -0.1) is 0 Å². The first-order chi connectivity index (χ1) is 9.06. The van der Waals surface area contributed by atoms with E-state index >= 15 is 0 Å². The molecule has 106 valence electrons. The molecule has 2 rings (SSSR count). The highest BCUT2D eigenvalue weighted by Gasteiger charge is 2.22. The van der Waals surface area contributed by atoms with E-state index in [0.29, 0.717) is 18.1 Å². The van der Waals surface area contributed by atoms with Crippen molar-refractivity contribution in [2.45, 2.75) is 51.7 Å². The number of likely N-dealkylation sites (tertiary alicyclic amines) is 1. The van der Waals surface area contributed by atoms with Crippen molar-refractivity contribution < 1.29 is 0 Å². The van der Waals surface area contributed by atoms with E-state index in [4.69, 9.17) is 0 Å². The summed E-state index contributed by atoms with van der Waals surface area (Å²) in [5.74, 6) is 0. The minimum absolute atomic E-state index is 0.424. The molecule has 0 amide bonds. The number of halogens is 1. The van der Waals surface area contributed by atoms with Crippen LogP contribution in [0.25, 0.3) is 0 Å². The van der Waals surface area contributed by atoms with Crippen LogP contribution >= 0.6 is 15.9 Å². The van der Waals surface area contributed by atoms with Gasteiger partial charge in [-0.2, -0.15) is 0 Å². The molecule has 1 aliphatic rings. The maximum atomic E-state index is 3.77. The third kappa shape index (κ3) is 4.30. The lowest BCUT2D eigenvalue weighted by Gasteiger charge is -2.36. The molecular weight excluding hydrogens is 300 g/mol. The molecule has 0 saturated carbocycles. The molecule has 1 aromatic rings. The van der Waals surface area contributed by atoms with E-state index < -0.39 is 0 Å². The van der Waals surface area contributed by atoms with Gasteiger partial charge in [-0.3, -0.25) is 0 Å². The van der Waals surface area contributed by atoms with Crippen LogP contribution in [0, 0.1) is 0 Å². The summed E-state index contributed by atoms with van der Waals surface area (Å²) in [4.78, 5) is 2.57. The van der Waals surface area contributed by atoms with E-state index in [0.717, 1.165) is 4.47 Å². The maximum absolute atomic E-state index is 3.77. The van der Waals surface area contributed by atoms with E-state index in [9.17, 15) is 0 Å². The van der Waals surface area contributed by atoms with Crippen molar-refractivity contribution in [3.63, 3.8) is 0 Å². The summed E-state index contributed by atoms with van der Waals surface area (Å²) in [7, 11) is 0. The largest absolute Gasteiger partial charge is 0.307 e. The number of benzene rings is 1. The minimum Gasteiger partial charge on any atom is -0.307 e. The topological polar surface area (TPSA) is 15.3 Å². The summed E-state index contributed by atoms with van der Waals surface area (Å²) in [5, 5.41) is 3.77. The zero-order valence-corrected chi connectivity index (χ0v) is 13.8. The zero-order chi connectivity index (χ0) is 13.8. The van der Waals surface area contributed by atoms with Crippen molar-refractivity contribution in [3.05, 3.63) is 34.3 Å². The van der Waals surface area contributed by atoms with Crippen molar-refractivity contribution in [2.24, 2.45) is 0 Å². The number of rotatable bonds is 4. The first-order valence-electron chi connectivity index (χ1n) is 7.32. The van der Waals surface area contributed by atoms with Gasteiger partial charge < -0.3 is 10.2 Å². The first-order valence-corrected chi connectivity index (χ1v) is 8.11. The average Bonchev–Trinajstić information content (AvgIpc) is 2.39. The molecule has 0 bridgehead atoms. The van der Waals surface area contributed by atoms with Gasteiger partial charge in [0.05, 0.1) is 0 Å². The van der Waals surface area contributed by atoms with Crippen LogP contribution in [-0.2, 0) is 0 Å². The predicted molar refractivity (Wildman–Crippen MR) is 85.4 cm³/mol. The number of hydrogen-bond acceptors (Lipinski definition) is 2. The Bertz CT molecular complexity index is 397. The highest BCUT2D eigenvalue weighted by atomic mass is 79.9. The summed E-state index contributed by atoms with van der Waals surface area (Å²) in [6.07, 6.45) is 2.52. The molecule has 1 fully saturated rings. The van der Waals surface area contributed by atoms with Crippen LogP contribution in [0.1, 0.15) is 45.2 Å². The maximum Gasteiger partial charge on any atom is 0.0294 e. The second-order valence-electron chi connectivity index (χ2n) is 5.85. The Labute approximate surface area is 125 Å². The van der Waals surface area contributed by atoms with Crippen LogP contribution < -0.4 is 5.32 Å². The molecule has 1 aliphatic heterocycles. The van der Waals surface area contributed by atoms with Crippen LogP contribution in [0.5, 0.6) is 0 Å².